The zero-order valence-corrected chi connectivity index (χ0v) is 14.9. The van der Waals surface area contributed by atoms with Crippen LogP contribution in [0.5, 0.6) is 5.88 Å². The zero-order chi connectivity index (χ0) is 18.2. The number of rotatable bonds is 3. The van der Waals surface area contributed by atoms with Crippen molar-refractivity contribution >= 4 is 22.9 Å². The average molecular weight is 364 g/mol. The summed E-state index contributed by atoms with van der Waals surface area (Å²) in [6, 6.07) is 11.5. The van der Waals surface area contributed by atoms with Crippen molar-refractivity contribution in [1.29, 1.82) is 0 Å². The van der Waals surface area contributed by atoms with Crippen LogP contribution in [-0.4, -0.2) is 46.3 Å². The molecule has 0 atom stereocenters. The maximum absolute atomic E-state index is 13.0. The number of para-hydroxylation sites is 2. The summed E-state index contributed by atoms with van der Waals surface area (Å²) < 4.78 is 13.3. The molecular weight excluding hydrogens is 344 g/mol. The first kappa shape index (κ1) is 16.3. The van der Waals surface area contributed by atoms with E-state index < -0.39 is 0 Å². The van der Waals surface area contributed by atoms with Crippen molar-refractivity contribution in [2.75, 3.05) is 24.7 Å². The van der Waals surface area contributed by atoms with Crippen molar-refractivity contribution in [2.45, 2.75) is 25.5 Å². The maximum Gasteiger partial charge on any atom is 0.262 e. The molecule has 0 aliphatic carbocycles. The van der Waals surface area contributed by atoms with E-state index in [2.05, 4.69) is 14.5 Å². The highest BCUT2D eigenvalue weighted by Gasteiger charge is 2.29. The van der Waals surface area contributed by atoms with Crippen LogP contribution in [-0.2, 0) is 11.3 Å². The Hall–Kier alpha value is -2.93. The van der Waals surface area contributed by atoms with E-state index in [1.54, 1.807) is 23.2 Å². The Kier molecular flexibility index (Phi) is 4.01. The minimum Gasteiger partial charge on any atom is -0.474 e. The van der Waals surface area contributed by atoms with Gasteiger partial charge in [0.25, 0.3) is 5.91 Å². The summed E-state index contributed by atoms with van der Waals surface area (Å²) in [5.41, 5.74) is 2.50. The van der Waals surface area contributed by atoms with Gasteiger partial charge in [0.1, 0.15) is 6.10 Å². The Bertz CT molecular complexity index is 977. The van der Waals surface area contributed by atoms with E-state index in [1.165, 1.54) is 0 Å². The third-order valence-electron chi connectivity index (χ3n) is 5.11. The fourth-order valence-corrected chi connectivity index (χ4v) is 3.68. The molecule has 2 aliphatic rings. The third-order valence-corrected chi connectivity index (χ3v) is 5.11. The van der Waals surface area contributed by atoms with Gasteiger partial charge in [-0.15, -0.1) is 0 Å². The number of nitrogens with zero attached hydrogens (tertiary/aromatic N) is 4. The molecule has 5 rings (SSSR count). The molecule has 1 saturated heterocycles. The van der Waals surface area contributed by atoms with Crippen molar-refractivity contribution < 1.29 is 14.3 Å². The van der Waals surface area contributed by atoms with Gasteiger partial charge in [0.05, 0.1) is 29.8 Å². The quantitative estimate of drug-likeness (QED) is 0.715. The van der Waals surface area contributed by atoms with Crippen molar-refractivity contribution in [2.24, 2.45) is 0 Å². The number of amides is 1. The van der Waals surface area contributed by atoms with Gasteiger partial charge in [-0.3, -0.25) is 9.69 Å². The second kappa shape index (κ2) is 6.66. The summed E-state index contributed by atoms with van der Waals surface area (Å²) in [5.74, 6) is 1.16. The van der Waals surface area contributed by atoms with Crippen LogP contribution >= 0.6 is 0 Å². The van der Waals surface area contributed by atoms with Crippen LogP contribution in [0.1, 0.15) is 23.2 Å². The predicted octanol–water partition coefficient (Wildman–Crippen LogP) is 2.65. The Morgan fingerprint density at radius 2 is 1.96 bits per heavy atom. The van der Waals surface area contributed by atoms with Crippen LogP contribution in [0.2, 0.25) is 0 Å². The molecule has 1 aromatic carbocycles. The van der Waals surface area contributed by atoms with Gasteiger partial charge in [-0.05, 0) is 18.2 Å². The monoisotopic (exact) mass is 364 g/mol. The van der Waals surface area contributed by atoms with Crippen molar-refractivity contribution in [1.82, 2.24) is 14.5 Å². The normalized spacial score (nSPS) is 17.3. The van der Waals surface area contributed by atoms with E-state index in [4.69, 9.17) is 9.47 Å². The van der Waals surface area contributed by atoms with E-state index in [0.717, 1.165) is 43.6 Å². The molecule has 2 aromatic heterocycles. The average Bonchev–Trinajstić information content (AvgIpc) is 3.28. The number of carbonyl (C=O) groups excluding carboxylic acids is 1. The van der Waals surface area contributed by atoms with Crippen LogP contribution in [0.4, 0.5) is 5.95 Å². The summed E-state index contributed by atoms with van der Waals surface area (Å²) in [7, 11) is 0. The standard InChI is InChI=1S/C20H20N4O3/c25-19(14-5-6-18(21-13-14)27-15-7-11-26-12-8-15)24-10-9-23-17-4-2-1-3-16(17)22-20(23)24/h1-6,13,15H,7-12H2. The molecular formula is C20H20N4O3. The molecule has 3 aromatic rings. The number of carbonyl (C=O) groups is 1. The first-order valence-corrected chi connectivity index (χ1v) is 9.27. The number of fused-ring (bicyclic) bond motifs is 3. The molecule has 1 fully saturated rings. The van der Waals surface area contributed by atoms with E-state index >= 15 is 0 Å². The number of hydrogen-bond acceptors (Lipinski definition) is 5. The predicted molar refractivity (Wildman–Crippen MR) is 100 cm³/mol. The molecule has 2 aliphatic heterocycles. The van der Waals surface area contributed by atoms with E-state index in [9.17, 15) is 4.79 Å². The number of ether oxygens (including phenoxy) is 2. The minimum absolute atomic E-state index is 0.0887. The minimum atomic E-state index is -0.0887. The van der Waals surface area contributed by atoms with Gasteiger partial charge >= 0.3 is 0 Å². The Morgan fingerprint density at radius 3 is 2.78 bits per heavy atom. The number of benzene rings is 1. The second-order valence-electron chi connectivity index (χ2n) is 6.82. The summed E-state index contributed by atoms with van der Waals surface area (Å²) in [4.78, 5) is 23.6. The SMILES string of the molecule is O=C(c1ccc(OC2CCOCC2)nc1)N1CCn2c1nc1ccccc12. The Morgan fingerprint density at radius 1 is 1.11 bits per heavy atom. The lowest BCUT2D eigenvalue weighted by Crippen LogP contribution is -2.29. The van der Waals surface area contributed by atoms with E-state index in [1.807, 2.05) is 24.3 Å². The molecule has 27 heavy (non-hydrogen) atoms. The summed E-state index contributed by atoms with van der Waals surface area (Å²) in [6.07, 6.45) is 3.45. The van der Waals surface area contributed by atoms with Gasteiger partial charge in [-0.25, -0.2) is 9.97 Å². The van der Waals surface area contributed by atoms with Crippen LogP contribution in [0, 0.1) is 0 Å². The maximum atomic E-state index is 13.0. The van der Waals surface area contributed by atoms with Gasteiger partial charge in [-0.2, -0.15) is 0 Å². The second-order valence-corrected chi connectivity index (χ2v) is 6.82. The topological polar surface area (TPSA) is 69.5 Å². The van der Waals surface area contributed by atoms with Crippen LogP contribution in [0.3, 0.4) is 0 Å². The van der Waals surface area contributed by atoms with Gasteiger partial charge in [0.15, 0.2) is 0 Å². The number of imidazole rings is 1. The lowest BCUT2D eigenvalue weighted by molar-refractivity contribution is 0.0237. The Labute approximate surface area is 156 Å². The molecule has 0 unspecified atom stereocenters. The number of hydrogen-bond donors (Lipinski definition) is 0. The van der Waals surface area contributed by atoms with Gasteiger partial charge in [0.2, 0.25) is 11.8 Å². The summed E-state index contributed by atoms with van der Waals surface area (Å²) in [6.45, 7) is 2.81. The number of aromatic nitrogens is 3. The van der Waals surface area contributed by atoms with E-state index in [-0.39, 0.29) is 12.0 Å². The molecule has 0 saturated carbocycles. The Balaban J connectivity index is 1.34. The first-order valence-electron chi connectivity index (χ1n) is 9.27. The number of pyridine rings is 1. The fraction of sp³-hybridized carbons (Fsp3) is 0.350. The van der Waals surface area contributed by atoms with Crippen LogP contribution < -0.4 is 9.64 Å². The zero-order valence-electron chi connectivity index (χ0n) is 14.9. The van der Waals surface area contributed by atoms with Gasteiger partial charge in [0, 0.05) is 38.2 Å². The van der Waals surface area contributed by atoms with Crippen molar-refractivity contribution in [3.05, 3.63) is 48.2 Å². The van der Waals surface area contributed by atoms with Gasteiger partial charge < -0.3 is 14.0 Å². The molecule has 1 amide bonds. The van der Waals surface area contributed by atoms with Crippen molar-refractivity contribution in [3.63, 3.8) is 0 Å². The molecule has 0 spiro atoms. The van der Waals surface area contributed by atoms with Crippen LogP contribution in [0.25, 0.3) is 11.0 Å². The first-order chi connectivity index (χ1) is 13.3. The lowest BCUT2D eigenvalue weighted by atomic mass is 10.1. The highest BCUT2D eigenvalue weighted by Crippen LogP contribution is 2.28. The highest BCUT2D eigenvalue weighted by molar-refractivity contribution is 6.06. The molecule has 0 bridgehead atoms. The molecule has 7 nitrogen and oxygen atoms in total. The van der Waals surface area contributed by atoms with Crippen molar-refractivity contribution in [3.8, 4) is 5.88 Å². The molecule has 4 heterocycles. The van der Waals surface area contributed by atoms with Crippen LogP contribution in [0.15, 0.2) is 42.6 Å². The molecule has 7 heteroatoms. The molecule has 0 radical (unpaired) electrons. The third kappa shape index (κ3) is 2.94. The molecule has 138 valence electrons. The van der Waals surface area contributed by atoms with E-state index in [0.29, 0.717) is 23.9 Å². The smallest absolute Gasteiger partial charge is 0.262 e. The van der Waals surface area contributed by atoms with Gasteiger partial charge in [-0.1, -0.05) is 12.1 Å². The summed E-state index contributed by atoms with van der Waals surface area (Å²) >= 11 is 0. The highest BCUT2D eigenvalue weighted by atomic mass is 16.5. The number of anilines is 1. The lowest BCUT2D eigenvalue weighted by Gasteiger charge is -2.22. The summed E-state index contributed by atoms with van der Waals surface area (Å²) in [5, 5.41) is 0. The molecule has 0 N–H and O–H groups in total. The fourth-order valence-electron chi connectivity index (χ4n) is 3.68. The largest absolute Gasteiger partial charge is 0.474 e.